The van der Waals surface area contributed by atoms with E-state index >= 15 is 0 Å². The lowest BCUT2D eigenvalue weighted by Gasteiger charge is -2.26. The average Bonchev–Trinajstić information content (AvgIpc) is 2.56. The molecule has 0 unspecified atom stereocenters. The quantitative estimate of drug-likeness (QED) is 0.337. The molecule has 3 aliphatic rings. The minimum absolute atomic E-state index is 0.163. The van der Waals surface area contributed by atoms with Gasteiger partial charge in [-0.15, -0.1) is 0 Å². The maximum Gasteiger partial charge on any atom is 0.143 e. The van der Waals surface area contributed by atoms with Gasteiger partial charge in [-0.2, -0.15) is 0 Å². The SMILES string of the molecule is B[C@@H]1O[C@@H]2[C@@]3(I)C[C@H]3C[C@]2(I)[C@H]1F. The fourth-order valence-electron chi connectivity index (χ4n) is 2.92. The normalized spacial score (nSPS) is 69.2. The molecule has 0 spiro atoms. The van der Waals surface area contributed by atoms with E-state index in [-0.39, 0.29) is 19.0 Å². The van der Waals surface area contributed by atoms with Gasteiger partial charge >= 0.3 is 0 Å². The van der Waals surface area contributed by atoms with E-state index in [0.29, 0.717) is 0 Å². The lowest BCUT2D eigenvalue weighted by Crippen LogP contribution is -2.40. The van der Waals surface area contributed by atoms with Gasteiger partial charge in [0, 0.05) is 0 Å². The van der Waals surface area contributed by atoms with Crippen molar-refractivity contribution in [3.8, 4) is 0 Å². The summed E-state index contributed by atoms with van der Waals surface area (Å²) >= 11 is 4.80. The molecule has 0 aromatic heterocycles. The van der Waals surface area contributed by atoms with Crippen LogP contribution in [0.25, 0.3) is 0 Å². The van der Waals surface area contributed by atoms with E-state index in [1.54, 1.807) is 0 Å². The van der Waals surface area contributed by atoms with Crippen LogP contribution >= 0.6 is 45.2 Å². The molecule has 6 atom stereocenters. The fourth-order valence-corrected chi connectivity index (χ4v) is 6.71. The molecule has 0 amide bonds. The summed E-state index contributed by atoms with van der Waals surface area (Å²) in [6, 6.07) is -0.199. The lowest BCUT2D eigenvalue weighted by molar-refractivity contribution is 0.0747. The van der Waals surface area contributed by atoms with E-state index in [1.807, 2.05) is 7.85 Å². The number of rotatable bonds is 0. The summed E-state index contributed by atoms with van der Waals surface area (Å²) in [6.45, 7) is 0. The van der Waals surface area contributed by atoms with Crippen LogP contribution in [-0.2, 0) is 4.74 Å². The van der Waals surface area contributed by atoms with Crippen molar-refractivity contribution in [1.82, 2.24) is 0 Å². The van der Waals surface area contributed by atoms with Gasteiger partial charge in [0.1, 0.15) is 14.0 Å². The third-order valence-corrected chi connectivity index (χ3v) is 7.22. The molecule has 3 fully saturated rings. The van der Waals surface area contributed by atoms with Crippen LogP contribution in [0.5, 0.6) is 0 Å². The molecule has 72 valence electrons. The topological polar surface area (TPSA) is 9.23 Å². The zero-order chi connectivity index (χ0) is 9.43. The molecular formula is C8H10BFI2O. The van der Waals surface area contributed by atoms with Crippen molar-refractivity contribution in [2.24, 2.45) is 5.92 Å². The third-order valence-electron chi connectivity index (χ3n) is 3.73. The first-order valence-electron chi connectivity index (χ1n) is 4.66. The minimum Gasteiger partial charge on any atom is -0.378 e. The molecule has 2 saturated carbocycles. The number of halogens is 3. The zero-order valence-corrected chi connectivity index (χ0v) is 11.6. The highest BCUT2D eigenvalue weighted by molar-refractivity contribution is 14.1. The van der Waals surface area contributed by atoms with Crippen molar-refractivity contribution in [1.29, 1.82) is 0 Å². The summed E-state index contributed by atoms with van der Waals surface area (Å²) in [6.07, 6.45) is 1.66. The van der Waals surface area contributed by atoms with Crippen molar-refractivity contribution in [2.75, 3.05) is 0 Å². The summed E-state index contributed by atoms with van der Waals surface area (Å²) in [5, 5.41) is 0. The standard InChI is InChI=1S/C8H10BFI2O/c9-5-4(10)8(12)2-3-1-7(3,11)6(8)13-5/h3-6H,1-2,9H2/t3-,4-,5+,6+,7+,8-/m0/s1. The lowest BCUT2D eigenvalue weighted by atomic mass is 9.88. The molecule has 1 saturated heterocycles. The van der Waals surface area contributed by atoms with Gasteiger partial charge in [-0.25, -0.2) is 4.39 Å². The molecule has 2 aliphatic carbocycles. The molecule has 3 rings (SSSR count). The van der Waals surface area contributed by atoms with E-state index in [1.165, 1.54) is 6.42 Å². The molecule has 0 bridgehead atoms. The summed E-state index contributed by atoms with van der Waals surface area (Å²) in [7, 11) is 1.86. The molecule has 13 heavy (non-hydrogen) atoms. The molecule has 0 aromatic carbocycles. The van der Waals surface area contributed by atoms with Crippen LogP contribution in [0.3, 0.4) is 0 Å². The highest BCUT2D eigenvalue weighted by atomic mass is 127. The second-order valence-corrected chi connectivity index (χ2v) is 8.60. The first-order valence-corrected chi connectivity index (χ1v) is 6.81. The first-order chi connectivity index (χ1) is 5.98. The van der Waals surface area contributed by atoms with Gasteiger partial charge in [0.25, 0.3) is 0 Å². The minimum atomic E-state index is -0.766. The predicted octanol–water partition coefficient (Wildman–Crippen LogP) is 1.45. The highest BCUT2D eigenvalue weighted by Gasteiger charge is 2.76. The van der Waals surface area contributed by atoms with Crippen molar-refractivity contribution in [3.63, 3.8) is 0 Å². The van der Waals surface area contributed by atoms with Crippen molar-refractivity contribution in [2.45, 2.75) is 38.0 Å². The van der Waals surface area contributed by atoms with Gasteiger partial charge in [-0.3, -0.25) is 0 Å². The average molecular weight is 406 g/mol. The second kappa shape index (κ2) is 2.56. The maximum absolute atomic E-state index is 13.9. The molecule has 5 heteroatoms. The highest BCUT2D eigenvalue weighted by Crippen LogP contribution is 2.71. The van der Waals surface area contributed by atoms with Gasteiger partial charge in [0.15, 0.2) is 0 Å². The predicted molar refractivity (Wildman–Crippen MR) is 68.3 cm³/mol. The number of alkyl halides is 3. The Kier molecular flexibility index (Phi) is 1.90. The smallest absolute Gasteiger partial charge is 0.143 e. The third kappa shape index (κ3) is 1.02. The van der Waals surface area contributed by atoms with Gasteiger partial charge in [-0.05, 0) is 18.8 Å². The Morgan fingerprint density at radius 2 is 1.92 bits per heavy atom. The van der Waals surface area contributed by atoms with E-state index in [9.17, 15) is 4.39 Å². The second-order valence-electron chi connectivity index (χ2n) is 4.58. The maximum atomic E-state index is 13.9. The van der Waals surface area contributed by atoms with E-state index in [0.717, 1.165) is 12.3 Å². The Bertz CT molecular complexity index is 279. The van der Waals surface area contributed by atoms with E-state index in [2.05, 4.69) is 45.2 Å². The molecule has 0 N–H and O–H groups in total. The van der Waals surface area contributed by atoms with Crippen LogP contribution in [0.15, 0.2) is 0 Å². The molecule has 1 aliphatic heterocycles. The van der Waals surface area contributed by atoms with E-state index in [4.69, 9.17) is 4.74 Å². The summed E-state index contributed by atoms with van der Waals surface area (Å²) in [5.41, 5.74) is 0. The van der Waals surface area contributed by atoms with Gasteiger partial charge in [0.2, 0.25) is 0 Å². The Balaban J connectivity index is 1.99. The van der Waals surface area contributed by atoms with Gasteiger partial charge in [0.05, 0.1) is 19.0 Å². The Morgan fingerprint density at radius 3 is 2.54 bits per heavy atom. The van der Waals surface area contributed by atoms with Crippen LogP contribution in [0.4, 0.5) is 4.39 Å². The largest absolute Gasteiger partial charge is 0.378 e. The van der Waals surface area contributed by atoms with E-state index < -0.39 is 6.17 Å². The van der Waals surface area contributed by atoms with Gasteiger partial charge < -0.3 is 4.74 Å². The molecule has 0 radical (unpaired) electrons. The van der Waals surface area contributed by atoms with Crippen molar-refractivity contribution >= 4 is 53.0 Å². The Hall–Kier alpha value is 1.41. The molecule has 1 heterocycles. The number of fused-ring (bicyclic) bond motifs is 3. The molecule has 0 aromatic rings. The summed E-state index contributed by atoms with van der Waals surface area (Å²) < 4.78 is 19.7. The van der Waals surface area contributed by atoms with Crippen molar-refractivity contribution in [3.05, 3.63) is 0 Å². The van der Waals surface area contributed by atoms with Crippen molar-refractivity contribution < 1.29 is 9.13 Å². The monoisotopic (exact) mass is 406 g/mol. The summed E-state index contributed by atoms with van der Waals surface area (Å²) in [5.74, 6) is 0.723. The van der Waals surface area contributed by atoms with Crippen LogP contribution in [0.2, 0.25) is 0 Å². The number of hydrogen-bond acceptors (Lipinski definition) is 1. The van der Waals surface area contributed by atoms with Crippen LogP contribution in [0.1, 0.15) is 12.8 Å². The number of ether oxygens (including phenoxy) is 1. The van der Waals surface area contributed by atoms with Crippen LogP contribution in [-0.4, -0.2) is 33.0 Å². The Labute approximate surface area is 105 Å². The number of hydrogen-bond donors (Lipinski definition) is 0. The molecular weight excluding hydrogens is 396 g/mol. The summed E-state index contributed by atoms with van der Waals surface area (Å²) in [4.78, 5) is 0. The Morgan fingerprint density at radius 1 is 1.31 bits per heavy atom. The van der Waals surface area contributed by atoms with Crippen LogP contribution in [0, 0.1) is 5.92 Å². The fraction of sp³-hybridized carbons (Fsp3) is 1.00. The van der Waals surface area contributed by atoms with Crippen LogP contribution < -0.4 is 0 Å². The first kappa shape index (κ1) is 9.63. The van der Waals surface area contributed by atoms with Gasteiger partial charge in [-0.1, -0.05) is 45.2 Å². The zero-order valence-electron chi connectivity index (χ0n) is 7.27. The molecule has 1 nitrogen and oxygen atoms in total.